The lowest BCUT2D eigenvalue weighted by Crippen LogP contribution is -2.43. The number of nitrogens with zero attached hydrogens (tertiary/aromatic N) is 3. The number of aliphatic carboxylic acids is 2. The highest BCUT2D eigenvalue weighted by Crippen LogP contribution is 2.03. The third-order valence-corrected chi connectivity index (χ3v) is 2.88. The maximum atomic E-state index is 12.0. The van der Waals surface area contributed by atoms with Crippen molar-refractivity contribution in [2.75, 3.05) is 0 Å². The van der Waals surface area contributed by atoms with E-state index in [1.165, 1.54) is 13.4 Å². The van der Waals surface area contributed by atoms with Gasteiger partial charge in [-0.05, 0) is 0 Å². The number of imidazole rings is 1. The van der Waals surface area contributed by atoms with E-state index in [4.69, 9.17) is 10.2 Å². The van der Waals surface area contributed by atoms with Crippen LogP contribution in [0.2, 0.25) is 0 Å². The van der Waals surface area contributed by atoms with Crippen molar-refractivity contribution in [1.29, 1.82) is 0 Å². The van der Waals surface area contributed by atoms with Gasteiger partial charge in [0.25, 0.3) is 5.56 Å². The van der Waals surface area contributed by atoms with Gasteiger partial charge >= 0.3 is 17.6 Å². The molecule has 0 fully saturated rings. The number of carboxylic acid groups (broad SMARTS) is 2. The van der Waals surface area contributed by atoms with Gasteiger partial charge in [0.05, 0.1) is 12.9 Å². The van der Waals surface area contributed by atoms with Crippen LogP contribution in [0.5, 0.6) is 0 Å². The van der Waals surface area contributed by atoms with E-state index in [2.05, 4.69) is 9.97 Å². The molecular formula is C10H10N4O6. The Kier molecular flexibility index (Phi) is 3.14. The van der Waals surface area contributed by atoms with E-state index in [0.717, 1.165) is 4.57 Å². The molecule has 0 aromatic carbocycles. The number of aromatic amines is 1. The SMILES string of the molecule is Cn1c(=O)n(CC(C(=O)O)C(=O)O)c(=O)c2[nH]cnc21. The van der Waals surface area contributed by atoms with E-state index in [9.17, 15) is 19.2 Å². The van der Waals surface area contributed by atoms with Crippen molar-refractivity contribution in [3.63, 3.8) is 0 Å². The predicted molar refractivity (Wildman–Crippen MR) is 64.4 cm³/mol. The molecule has 0 spiro atoms. The van der Waals surface area contributed by atoms with Crippen LogP contribution in [-0.4, -0.2) is 41.3 Å². The molecule has 0 aliphatic heterocycles. The first-order chi connectivity index (χ1) is 9.34. The molecule has 0 amide bonds. The Bertz CT molecular complexity index is 799. The lowest BCUT2D eigenvalue weighted by atomic mass is 10.1. The minimum absolute atomic E-state index is 0.00151. The van der Waals surface area contributed by atoms with E-state index in [1.54, 1.807) is 0 Å². The Hall–Kier alpha value is -2.91. The van der Waals surface area contributed by atoms with Crippen LogP contribution in [0.25, 0.3) is 11.2 Å². The van der Waals surface area contributed by atoms with Gasteiger partial charge in [0.2, 0.25) is 0 Å². The number of aromatic nitrogens is 4. The monoisotopic (exact) mass is 282 g/mol. The number of carboxylic acids is 2. The first-order valence-electron chi connectivity index (χ1n) is 5.43. The molecule has 10 nitrogen and oxygen atoms in total. The van der Waals surface area contributed by atoms with Crippen LogP contribution >= 0.6 is 0 Å². The number of rotatable bonds is 4. The van der Waals surface area contributed by atoms with E-state index in [-0.39, 0.29) is 11.2 Å². The van der Waals surface area contributed by atoms with Gasteiger partial charge in [0.15, 0.2) is 11.6 Å². The zero-order chi connectivity index (χ0) is 15.0. The average Bonchev–Trinajstić information content (AvgIpc) is 2.84. The highest BCUT2D eigenvalue weighted by Gasteiger charge is 2.28. The molecule has 2 aromatic rings. The molecule has 10 heteroatoms. The zero-order valence-corrected chi connectivity index (χ0v) is 10.2. The largest absolute Gasteiger partial charge is 0.481 e. The highest BCUT2D eigenvalue weighted by molar-refractivity contribution is 5.92. The van der Waals surface area contributed by atoms with Gasteiger partial charge in [-0.15, -0.1) is 0 Å². The second kappa shape index (κ2) is 4.64. The maximum Gasteiger partial charge on any atom is 0.332 e. The molecule has 0 radical (unpaired) electrons. The van der Waals surface area contributed by atoms with E-state index in [1.807, 2.05) is 0 Å². The lowest BCUT2D eigenvalue weighted by Gasteiger charge is -2.10. The molecule has 2 heterocycles. The number of hydrogen-bond donors (Lipinski definition) is 3. The number of H-pyrrole nitrogens is 1. The minimum Gasteiger partial charge on any atom is -0.481 e. The first-order valence-corrected chi connectivity index (χ1v) is 5.43. The van der Waals surface area contributed by atoms with Crippen LogP contribution in [0, 0.1) is 5.92 Å². The quantitative estimate of drug-likeness (QED) is 0.561. The van der Waals surface area contributed by atoms with Crippen molar-refractivity contribution in [3.05, 3.63) is 27.2 Å². The standard InChI is InChI=1S/C10H10N4O6/c1-13-6-5(11-3-12-6)7(15)14(10(13)20)2-4(8(16)17)9(18)19/h3-4H,2H2,1H3,(H,11,12)(H,16,17)(H,18,19). The van der Waals surface area contributed by atoms with Gasteiger partial charge < -0.3 is 15.2 Å². The van der Waals surface area contributed by atoms with Crippen molar-refractivity contribution >= 4 is 23.1 Å². The zero-order valence-electron chi connectivity index (χ0n) is 10.2. The molecule has 0 aliphatic rings. The fraction of sp³-hybridized carbons (Fsp3) is 0.300. The predicted octanol–water partition coefficient (Wildman–Crippen LogP) is -1.79. The fourth-order valence-corrected chi connectivity index (χ4v) is 1.80. The number of fused-ring (bicyclic) bond motifs is 1. The summed E-state index contributed by atoms with van der Waals surface area (Å²) in [6.45, 7) is -0.759. The van der Waals surface area contributed by atoms with Gasteiger partial charge in [-0.3, -0.25) is 23.5 Å². The molecule has 0 saturated heterocycles. The maximum absolute atomic E-state index is 12.0. The van der Waals surface area contributed by atoms with Gasteiger partial charge in [-0.2, -0.15) is 0 Å². The molecule has 0 bridgehead atoms. The second-order valence-corrected chi connectivity index (χ2v) is 4.09. The first kappa shape index (κ1) is 13.5. The fourth-order valence-electron chi connectivity index (χ4n) is 1.80. The number of aryl methyl sites for hydroxylation is 1. The molecule has 0 saturated carbocycles. The van der Waals surface area contributed by atoms with Gasteiger partial charge in [0.1, 0.15) is 5.52 Å². The van der Waals surface area contributed by atoms with Crippen LogP contribution < -0.4 is 11.2 Å². The lowest BCUT2D eigenvalue weighted by molar-refractivity contribution is -0.155. The minimum atomic E-state index is -1.89. The number of nitrogens with one attached hydrogen (secondary N) is 1. The molecule has 106 valence electrons. The smallest absolute Gasteiger partial charge is 0.332 e. The summed E-state index contributed by atoms with van der Waals surface area (Å²) in [5.74, 6) is -5.15. The third-order valence-electron chi connectivity index (χ3n) is 2.88. The summed E-state index contributed by atoms with van der Waals surface area (Å²) in [4.78, 5) is 52.0. The topological polar surface area (TPSA) is 147 Å². The second-order valence-electron chi connectivity index (χ2n) is 4.09. The van der Waals surface area contributed by atoms with Crippen LogP contribution in [-0.2, 0) is 23.2 Å². The van der Waals surface area contributed by atoms with Crippen molar-refractivity contribution in [1.82, 2.24) is 19.1 Å². The van der Waals surface area contributed by atoms with E-state index < -0.39 is 35.7 Å². The van der Waals surface area contributed by atoms with Crippen molar-refractivity contribution in [3.8, 4) is 0 Å². The molecule has 0 atom stereocenters. The molecular weight excluding hydrogens is 272 g/mol. The number of hydrogen-bond acceptors (Lipinski definition) is 5. The molecule has 2 aromatic heterocycles. The Balaban J connectivity index is 2.66. The molecule has 3 N–H and O–H groups in total. The highest BCUT2D eigenvalue weighted by atomic mass is 16.4. The van der Waals surface area contributed by atoms with Crippen molar-refractivity contribution in [2.24, 2.45) is 13.0 Å². The number of carbonyl (C=O) groups is 2. The summed E-state index contributed by atoms with van der Waals surface area (Å²) >= 11 is 0. The summed E-state index contributed by atoms with van der Waals surface area (Å²) in [5.41, 5.74) is -1.53. The summed E-state index contributed by atoms with van der Waals surface area (Å²) in [7, 11) is 1.35. The Labute approximate surface area is 109 Å². The Morgan fingerprint density at radius 3 is 2.50 bits per heavy atom. The van der Waals surface area contributed by atoms with E-state index >= 15 is 0 Å². The summed E-state index contributed by atoms with van der Waals surface area (Å²) in [5, 5.41) is 17.6. The van der Waals surface area contributed by atoms with Crippen LogP contribution in [0.15, 0.2) is 15.9 Å². The van der Waals surface area contributed by atoms with Crippen molar-refractivity contribution in [2.45, 2.75) is 6.54 Å². The molecule has 20 heavy (non-hydrogen) atoms. The summed E-state index contributed by atoms with van der Waals surface area (Å²) in [6.07, 6.45) is 1.21. The average molecular weight is 282 g/mol. The molecule has 0 aliphatic carbocycles. The summed E-state index contributed by atoms with van der Waals surface area (Å²) < 4.78 is 1.60. The summed E-state index contributed by atoms with van der Waals surface area (Å²) in [6, 6.07) is 0. The Morgan fingerprint density at radius 1 is 1.35 bits per heavy atom. The van der Waals surface area contributed by atoms with Crippen LogP contribution in [0.3, 0.4) is 0 Å². The van der Waals surface area contributed by atoms with Crippen molar-refractivity contribution < 1.29 is 19.8 Å². The van der Waals surface area contributed by atoms with Gasteiger partial charge in [-0.1, -0.05) is 0 Å². The normalized spacial score (nSPS) is 11.1. The van der Waals surface area contributed by atoms with Gasteiger partial charge in [-0.25, -0.2) is 9.78 Å². The van der Waals surface area contributed by atoms with Crippen LogP contribution in [0.4, 0.5) is 0 Å². The molecule has 0 unspecified atom stereocenters. The van der Waals surface area contributed by atoms with Gasteiger partial charge in [0, 0.05) is 7.05 Å². The Morgan fingerprint density at radius 2 is 1.95 bits per heavy atom. The molecule has 2 rings (SSSR count). The van der Waals surface area contributed by atoms with E-state index in [0.29, 0.717) is 4.57 Å². The van der Waals surface area contributed by atoms with Crippen LogP contribution in [0.1, 0.15) is 0 Å². The third kappa shape index (κ3) is 1.96.